The van der Waals surface area contributed by atoms with E-state index in [-0.39, 0.29) is 5.60 Å². The van der Waals surface area contributed by atoms with Crippen molar-refractivity contribution in [3.05, 3.63) is 15.1 Å². The van der Waals surface area contributed by atoms with Crippen LogP contribution in [-0.2, 0) is 10.3 Å². The van der Waals surface area contributed by atoms with Crippen molar-refractivity contribution in [2.75, 3.05) is 19.0 Å². The lowest BCUT2D eigenvalue weighted by atomic mass is 9.79. The third-order valence-electron chi connectivity index (χ3n) is 3.32. The molecular formula is C12H18IN3O. The zero-order chi connectivity index (χ0) is 12.5. The van der Waals surface area contributed by atoms with Gasteiger partial charge in [0.2, 0.25) is 0 Å². The number of hydrogen-bond donors (Lipinski definition) is 1. The van der Waals surface area contributed by atoms with Gasteiger partial charge in [0.15, 0.2) is 5.82 Å². The SMILES string of the molecule is CCNc1nc(C2(OC)CCC2)nc(C)c1I. The van der Waals surface area contributed by atoms with E-state index in [0.29, 0.717) is 0 Å². The molecular weight excluding hydrogens is 329 g/mol. The van der Waals surface area contributed by atoms with Crippen LogP contribution in [0.5, 0.6) is 0 Å². The topological polar surface area (TPSA) is 47.0 Å². The monoisotopic (exact) mass is 347 g/mol. The predicted molar refractivity (Wildman–Crippen MR) is 76.2 cm³/mol. The first-order valence-corrected chi connectivity index (χ1v) is 7.04. The molecule has 0 aromatic carbocycles. The minimum absolute atomic E-state index is 0.237. The van der Waals surface area contributed by atoms with E-state index in [2.05, 4.69) is 44.8 Å². The Kier molecular flexibility index (Phi) is 3.87. The molecule has 1 aliphatic carbocycles. The van der Waals surface area contributed by atoms with Crippen LogP contribution >= 0.6 is 22.6 Å². The van der Waals surface area contributed by atoms with E-state index in [1.807, 2.05) is 6.92 Å². The molecule has 1 fully saturated rings. The Labute approximate surface area is 116 Å². The molecule has 1 saturated carbocycles. The summed E-state index contributed by atoms with van der Waals surface area (Å²) < 4.78 is 6.73. The van der Waals surface area contributed by atoms with E-state index >= 15 is 0 Å². The molecule has 1 N–H and O–H groups in total. The molecule has 94 valence electrons. The van der Waals surface area contributed by atoms with Crippen molar-refractivity contribution in [2.24, 2.45) is 0 Å². The number of nitrogens with zero attached hydrogens (tertiary/aromatic N) is 2. The summed E-state index contributed by atoms with van der Waals surface area (Å²) in [5.41, 5.74) is 0.786. The molecule has 0 amide bonds. The van der Waals surface area contributed by atoms with E-state index < -0.39 is 0 Å². The molecule has 0 bridgehead atoms. The molecule has 17 heavy (non-hydrogen) atoms. The number of halogens is 1. The van der Waals surface area contributed by atoms with Gasteiger partial charge in [-0.15, -0.1) is 0 Å². The molecule has 1 aromatic heterocycles. The standard InChI is InChI=1S/C12H18IN3O/c1-4-14-10-9(13)8(2)15-11(16-10)12(17-3)6-5-7-12/h4-7H2,1-3H3,(H,14,15,16). The smallest absolute Gasteiger partial charge is 0.162 e. The Morgan fingerprint density at radius 2 is 2.12 bits per heavy atom. The van der Waals surface area contributed by atoms with E-state index in [4.69, 9.17) is 4.74 Å². The first-order valence-electron chi connectivity index (χ1n) is 5.96. The van der Waals surface area contributed by atoms with Crippen LogP contribution in [-0.4, -0.2) is 23.6 Å². The highest BCUT2D eigenvalue weighted by Gasteiger charge is 2.42. The molecule has 1 aromatic rings. The summed E-state index contributed by atoms with van der Waals surface area (Å²) in [6, 6.07) is 0. The zero-order valence-electron chi connectivity index (χ0n) is 10.5. The third-order valence-corrected chi connectivity index (χ3v) is 4.61. The van der Waals surface area contributed by atoms with Crippen LogP contribution in [0.3, 0.4) is 0 Å². The second kappa shape index (κ2) is 5.06. The Balaban J connectivity index is 2.41. The average Bonchev–Trinajstić information content (AvgIpc) is 2.24. The van der Waals surface area contributed by atoms with Gasteiger partial charge in [0, 0.05) is 13.7 Å². The molecule has 4 nitrogen and oxygen atoms in total. The minimum atomic E-state index is -0.237. The van der Waals surface area contributed by atoms with E-state index in [1.165, 1.54) is 6.42 Å². The molecule has 1 heterocycles. The summed E-state index contributed by atoms with van der Waals surface area (Å²) in [5.74, 6) is 1.76. The molecule has 0 spiro atoms. The fourth-order valence-corrected chi connectivity index (χ4v) is 2.50. The second-order valence-corrected chi connectivity index (χ2v) is 5.46. The number of aryl methyl sites for hydroxylation is 1. The Morgan fingerprint density at radius 1 is 1.41 bits per heavy atom. The van der Waals surface area contributed by atoms with Gasteiger partial charge in [0.05, 0.1) is 9.26 Å². The molecule has 0 atom stereocenters. The van der Waals surface area contributed by atoms with Gasteiger partial charge in [-0.25, -0.2) is 9.97 Å². The van der Waals surface area contributed by atoms with Gasteiger partial charge >= 0.3 is 0 Å². The first kappa shape index (κ1) is 13.0. The predicted octanol–water partition coefficient (Wildman–Crippen LogP) is 2.85. The fourth-order valence-electron chi connectivity index (χ4n) is 2.06. The largest absolute Gasteiger partial charge is 0.370 e. The van der Waals surface area contributed by atoms with E-state index in [1.54, 1.807) is 7.11 Å². The summed E-state index contributed by atoms with van der Waals surface area (Å²) in [6.45, 7) is 4.96. The number of aromatic nitrogens is 2. The van der Waals surface area contributed by atoms with Gasteiger partial charge < -0.3 is 10.1 Å². The van der Waals surface area contributed by atoms with Gasteiger partial charge in [-0.05, 0) is 55.7 Å². The highest BCUT2D eigenvalue weighted by atomic mass is 127. The number of anilines is 1. The lowest BCUT2D eigenvalue weighted by molar-refractivity contribution is -0.0846. The minimum Gasteiger partial charge on any atom is -0.370 e. The molecule has 0 unspecified atom stereocenters. The van der Waals surface area contributed by atoms with E-state index in [0.717, 1.165) is 40.3 Å². The summed E-state index contributed by atoms with van der Waals surface area (Å²) in [4.78, 5) is 9.23. The van der Waals surface area contributed by atoms with Gasteiger partial charge in [-0.2, -0.15) is 0 Å². The van der Waals surface area contributed by atoms with Crippen LogP contribution < -0.4 is 5.32 Å². The first-order chi connectivity index (χ1) is 8.13. The average molecular weight is 347 g/mol. The van der Waals surface area contributed by atoms with Crippen molar-refractivity contribution >= 4 is 28.4 Å². The Hall–Kier alpha value is -0.430. The summed E-state index contributed by atoms with van der Waals surface area (Å²) >= 11 is 2.29. The van der Waals surface area contributed by atoms with Gasteiger partial charge in [-0.3, -0.25) is 0 Å². The molecule has 0 saturated heterocycles. The van der Waals surface area contributed by atoms with Crippen LogP contribution in [0.2, 0.25) is 0 Å². The van der Waals surface area contributed by atoms with Gasteiger partial charge in [0.25, 0.3) is 0 Å². The maximum absolute atomic E-state index is 5.63. The number of ether oxygens (including phenoxy) is 1. The lowest BCUT2D eigenvalue weighted by Crippen LogP contribution is -2.38. The molecule has 0 radical (unpaired) electrons. The van der Waals surface area contributed by atoms with E-state index in [9.17, 15) is 0 Å². The Morgan fingerprint density at radius 3 is 2.59 bits per heavy atom. The van der Waals surface area contributed by atoms with Crippen LogP contribution in [0, 0.1) is 10.5 Å². The normalized spacial score (nSPS) is 17.6. The van der Waals surface area contributed by atoms with Crippen LogP contribution in [0.15, 0.2) is 0 Å². The third kappa shape index (κ3) is 2.27. The van der Waals surface area contributed by atoms with Gasteiger partial charge in [0.1, 0.15) is 11.4 Å². The van der Waals surface area contributed by atoms with Crippen molar-refractivity contribution in [1.29, 1.82) is 0 Å². The fraction of sp³-hybridized carbons (Fsp3) is 0.667. The maximum Gasteiger partial charge on any atom is 0.162 e. The number of methoxy groups -OCH3 is 1. The molecule has 1 aliphatic rings. The zero-order valence-corrected chi connectivity index (χ0v) is 12.7. The van der Waals surface area contributed by atoms with Crippen molar-refractivity contribution in [2.45, 2.75) is 38.7 Å². The molecule has 0 aliphatic heterocycles. The lowest BCUT2D eigenvalue weighted by Gasteiger charge is -2.39. The molecule has 2 rings (SSSR count). The number of nitrogens with one attached hydrogen (secondary N) is 1. The van der Waals surface area contributed by atoms with Crippen LogP contribution in [0.25, 0.3) is 0 Å². The van der Waals surface area contributed by atoms with Crippen molar-refractivity contribution < 1.29 is 4.74 Å². The summed E-state index contributed by atoms with van der Waals surface area (Å²) in [6.07, 6.45) is 3.24. The highest BCUT2D eigenvalue weighted by molar-refractivity contribution is 14.1. The quantitative estimate of drug-likeness (QED) is 0.851. The van der Waals surface area contributed by atoms with Crippen LogP contribution in [0.4, 0.5) is 5.82 Å². The molecule has 5 heteroatoms. The summed E-state index contributed by atoms with van der Waals surface area (Å²) in [7, 11) is 1.75. The van der Waals surface area contributed by atoms with Crippen molar-refractivity contribution in [1.82, 2.24) is 9.97 Å². The van der Waals surface area contributed by atoms with Crippen molar-refractivity contribution in [3.63, 3.8) is 0 Å². The van der Waals surface area contributed by atoms with Gasteiger partial charge in [-0.1, -0.05) is 0 Å². The number of rotatable bonds is 4. The second-order valence-electron chi connectivity index (χ2n) is 4.38. The highest BCUT2D eigenvalue weighted by Crippen LogP contribution is 2.43. The summed E-state index contributed by atoms with van der Waals surface area (Å²) in [5, 5.41) is 3.29. The van der Waals surface area contributed by atoms with Crippen molar-refractivity contribution in [3.8, 4) is 0 Å². The number of hydrogen-bond acceptors (Lipinski definition) is 4. The Bertz CT molecular complexity index is 413. The maximum atomic E-state index is 5.63. The van der Waals surface area contributed by atoms with Crippen LogP contribution in [0.1, 0.15) is 37.7 Å².